The van der Waals surface area contributed by atoms with Crippen molar-refractivity contribution < 1.29 is 26.9 Å². The minimum atomic E-state index is -1.48. The zero-order valence-electron chi connectivity index (χ0n) is 12.9. The summed E-state index contributed by atoms with van der Waals surface area (Å²) in [6.07, 6.45) is 0. The largest absolute Gasteiger partial charge is 2.00 e. The zero-order chi connectivity index (χ0) is 14.7. The van der Waals surface area contributed by atoms with E-state index in [0.29, 0.717) is 9.79 Å². The second-order valence-electron chi connectivity index (χ2n) is 3.93. The molecule has 0 heterocycles. The molecule has 7 heteroatoms. The topological polar surface area (TPSA) is 91.7 Å². The zero-order valence-corrected chi connectivity index (χ0v) is 13.9. The molecule has 0 bridgehead atoms. The monoisotopic (exact) mass is 332 g/mol. The molecular formula is C14H12CaO5S. The Kier molecular flexibility index (Phi) is 6.54. The van der Waals surface area contributed by atoms with Crippen molar-refractivity contribution >= 4 is 60.5 Å². The summed E-state index contributed by atoms with van der Waals surface area (Å²) in [5.41, 5.74) is 0.235. The maximum absolute atomic E-state index is 12.2. The van der Waals surface area contributed by atoms with Gasteiger partial charge in [-0.3, -0.25) is 0 Å². The van der Waals surface area contributed by atoms with Crippen LogP contribution < -0.4 is 0 Å². The van der Waals surface area contributed by atoms with E-state index in [1.807, 2.05) is 0 Å². The molecule has 0 aliphatic heterocycles. The molecule has 2 N–H and O–H groups in total. The van der Waals surface area contributed by atoms with Crippen LogP contribution in [-0.4, -0.2) is 64.1 Å². The Labute approximate surface area is 156 Å². The minimum Gasteiger partial charge on any atom is -1.00 e. The molecule has 0 radical (unpaired) electrons. The Hall–Kier alpha value is -1.21. The van der Waals surface area contributed by atoms with Crippen LogP contribution in [0.2, 0.25) is 0 Å². The van der Waals surface area contributed by atoms with Gasteiger partial charge in [-0.05, 0) is 48.5 Å². The Morgan fingerprint density at radius 2 is 1.05 bits per heavy atom. The van der Waals surface area contributed by atoms with Crippen molar-refractivity contribution in [1.29, 1.82) is 0 Å². The van der Waals surface area contributed by atoms with E-state index in [4.69, 9.17) is 10.2 Å². The van der Waals surface area contributed by atoms with Gasteiger partial charge in [0.2, 0.25) is 0 Å². The van der Waals surface area contributed by atoms with Crippen LogP contribution in [0, 0.1) is 0 Å². The van der Waals surface area contributed by atoms with Gasteiger partial charge >= 0.3 is 49.7 Å². The van der Waals surface area contributed by atoms with Gasteiger partial charge in [0.25, 0.3) is 0 Å². The van der Waals surface area contributed by atoms with Gasteiger partial charge in [0.1, 0.15) is 0 Å². The molecule has 2 aromatic carbocycles. The van der Waals surface area contributed by atoms with Crippen LogP contribution in [0.1, 0.15) is 23.6 Å². The van der Waals surface area contributed by atoms with Crippen LogP contribution >= 0.6 is 0 Å². The number of carboxylic acid groups (broad SMARTS) is 2. The van der Waals surface area contributed by atoms with E-state index in [1.54, 1.807) is 0 Å². The number of carboxylic acids is 2. The molecular weight excluding hydrogens is 320 g/mol. The van der Waals surface area contributed by atoms with Gasteiger partial charge in [-0.25, -0.2) is 13.8 Å². The molecule has 0 saturated heterocycles. The Balaban J connectivity index is 0. The van der Waals surface area contributed by atoms with E-state index in [9.17, 15) is 13.8 Å². The summed E-state index contributed by atoms with van der Waals surface area (Å²) in [4.78, 5) is 22.4. The predicted molar refractivity (Wildman–Crippen MR) is 79.5 cm³/mol. The van der Waals surface area contributed by atoms with E-state index in [2.05, 4.69) is 0 Å². The summed E-state index contributed by atoms with van der Waals surface area (Å²) >= 11 is 0. The first-order valence-electron chi connectivity index (χ1n) is 5.57. The third-order valence-electron chi connectivity index (χ3n) is 2.63. The van der Waals surface area contributed by atoms with Gasteiger partial charge in [0, 0.05) is 9.79 Å². The van der Waals surface area contributed by atoms with E-state index >= 15 is 0 Å². The van der Waals surface area contributed by atoms with E-state index in [0.717, 1.165) is 0 Å². The number of rotatable bonds is 4. The molecule has 0 saturated carbocycles. The van der Waals surface area contributed by atoms with Crippen LogP contribution in [0.4, 0.5) is 0 Å². The van der Waals surface area contributed by atoms with Crippen LogP contribution in [0.15, 0.2) is 58.3 Å². The summed E-state index contributed by atoms with van der Waals surface area (Å²) in [6, 6.07) is 11.4. The SMILES string of the molecule is O=C(O)c1ccc(S(=O)c2ccc(C(=O)O)cc2)cc1.[Ca+2].[H-].[H-]. The molecule has 5 nitrogen and oxygen atoms in total. The fourth-order valence-corrected chi connectivity index (χ4v) is 2.62. The molecule has 0 amide bonds. The van der Waals surface area contributed by atoms with Gasteiger partial charge < -0.3 is 13.1 Å². The number of benzene rings is 2. The molecule has 0 aliphatic carbocycles. The standard InChI is InChI=1S/C14H10O5S.Ca.2H/c15-13(16)9-1-5-11(6-2-9)20(19)12-7-3-10(4-8-12)14(17)18;;;/h1-8H,(H,15,16)(H,17,18);;;/q;+2;2*-1. The quantitative estimate of drug-likeness (QED) is 0.837. The van der Waals surface area contributed by atoms with Crippen molar-refractivity contribution in [3.8, 4) is 0 Å². The number of carbonyl (C=O) groups is 2. The van der Waals surface area contributed by atoms with Crippen LogP contribution in [0.3, 0.4) is 0 Å². The first kappa shape index (κ1) is 17.8. The first-order chi connectivity index (χ1) is 9.49. The molecule has 0 unspecified atom stereocenters. The Bertz CT molecular complexity index is 630. The van der Waals surface area contributed by atoms with E-state index < -0.39 is 22.7 Å². The van der Waals surface area contributed by atoms with Gasteiger partial charge in [-0.1, -0.05) is 0 Å². The molecule has 0 aliphatic rings. The average Bonchev–Trinajstić information content (AvgIpc) is 2.46. The molecule has 21 heavy (non-hydrogen) atoms. The van der Waals surface area contributed by atoms with Gasteiger partial charge in [0.05, 0.1) is 21.9 Å². The molecule has 2 rings (SSSR count). The maximum atomic E-state index is 12.2. The van der Waals surface area contributed by atoms with Crippen molar-refractivity contribution in [3.05, 3.63) is 59.7 Å². The van der Waals surface area contributed by atoms with Crippen molar-refractivity contribution in [2.24, 2.45) is 0 Å². The molecule has 0 aromatic heterocycles. The van der Waals surface area contributed by atoms with E-state index in [1.165, 1.54) is 48.5 Å². The number of hydrogen-bond donors (Lipinski definition) is 2. The Morgan fingerprint density at radius 3 is 1.29 bits per heavy atom. The van der Waals surface area contributed by atoms with Gasteiger partial charge in [-0.15, -0.1) is 0 Å². The predicted octanol–water partition coefficient (Wildman–Crippen LogP) is 2.09. The third-order valence-corrected chi connectivity index (χ3v) is 4.03. The minimum absolute atomic E-state index is 0. The van der Waals surface area contributed by atoms with Crippen LogP contribution in [0.5, 0.6) is 0 Å². The fourth-order valence-electron chi connectivity index (χ4n) is 1.58. The van der Waals surface area contributed by atoms with Crippen LogP contribution in [-0.2, 0) is 10.8 Å². The van der Waals surface area contributed by atoms with Crippen molar-refractivity contribution in [1.82, 2.24) is 0 Å². The summed E-state index contributed by atoms with van der Waals surface area (Å²) in [5, 5.41) is 17.6. The van der Waals surface area contributed by atoms with Crippen molar-refractivity contribution in [3.63, 3.8) is 0 Å². The molecule has 0 spiro atoms. The summed E-state index contributed by atoms with van der Waals surface area (Å²) in [5.74, 6) is -2.10. The molecule has 106 valence electrons. The first-order valence-corrected chi connectivity index (χ1v) is 6.72. The average molecular weight is 332 g/mol. The van der Waals surface area contributed by atoms with Crippen molar-refractivity contribution in [2.75, 3.05) is 0 Å². The van der Waals surface area contributed by atoms with Gasteiger partial charge in [-0.2, -0.15) is 0 Å². The van der Waals surface area contributed by atoms with Crippen molar-refractivity contribution in [2.45, 2.75) is 9.79 Å². The Morgan fingerprint density at radius 1 is 0.762 bits per heavy atom. The number of aromatic carboxylic acids is 2. The smallest absolute Gasteiger partial charge is 1.00 e. The summed E-state index contributed by atoms with van der Waals surface area (Å²) in [6.45, 7) is 0. The second-order valence-corrected chi connectivity index (χ2v) is 5.41. The summed E-state index contributed by atoms with van der Waals surface area (Å²) in [7, 11) is -1.48. The molecule has 0 fully saturated rings. The molecule has 2 aromatic rings. The molecule has 0 atom stereocenters. The fraction of sp³-hybridized carbons (Fsp3) is 0. The third kappa shape index (κ3) is 4.38. The second kappa shape index (κ2) is 7.70. The van der Waals surface area contributed by atoms with Gasteiger partial charge in [0.15, 0.2) is 0 Å². The maximum Gasteiger partial charge on any atom is 2.00 e. The number of hydrogen-bond acceptors (Lipinski definition) is 3. The van der Waals surface area contributed by atoms with Crippen LogP contribution in [0.25, 0.3) is 0 Å². The summed E-state index contributed by atoms with van der Waals surface area (Å²) < 4.78 is 12.2. The van der Waals surface area contributed by atoms with E-state index in [-0.39, 0.29) is 51.7 Å². The normalized spacial score (nSPS) is 9.95.